The second-order valence-electron chi connectivity index (χ2n) is 7.81. The predicted molar refractivity (Wildman–Crippen MR) is 140 cm³/mol. The van der Waals surface area contributed by atoms with Gasteiger partial charge in [-0.25, -0.2) is 9.79 Å². The van der Waals surface area contributed by atoms with Crippen molar-refractivity contribution in [1.29, 1.82) is 0 Å². The van der Waals surface area contributed by atoms with Crippen molar-refractivity contribution in [3.8, 4) is 11.5 Å². The van der Waals surface area contributed by atoms with Crippen LogP contribution in [-0.4, -0.2) is 37.5 Å². The van der Waals surface area contributed by atoms with Gasteiger partial charge in [0.2, 0.25) is 0 Å². The van der Waals surface area contributed by atoms with Crippen LogP contribution < -0.4 is 14.4 Å². The summed E-state index contributed by atoms with van der Waals surface area (Å²) in [5, 5.41) is 0. The lowest BCUT2D eigenvalue weighted by molar-refractivity contribution is -0.113. The number of amidine groups is 1. The van der Waals surface area contributed by atoms with E-state index < -0.39 is 5.97 Å². The molecule has 1 aliphatic rings. The minimum Gasteiger partial charge on any atom is -0.490 e. The van der Waals surface area contributed by atoms with Crippen LogP contribution in [-0.2, 0) is 9.53 Å². The number of aliphatic imine (C=N–C) groups is 1. The summed E-state index contributed by atoms with van der Waals surface area (Å²) >= 11 is 0. The molecule has 7 nitrogen and oxygen atoms in total. The van der Waals surface area contributed by atoms with E-state index in [9.17, 15) is 9.59 Å². The van der Waals surface area contributed by atoms with Gasteiger partial charge < -0.3 is 14.2 Å². The summed E-state index contributed by atoms with van der Waals surface area (Å²) in [7, 11) is 0. The van der Waals surface area contributed by atoms with Gasteiger partial charge in [0.1, 0.15) is 11.5 Å². The van der Waals surface area contributed by atoms with E-state index in [1.54, 1.807) is 42.2 Å². The summed E-state index contributed by atoms with van der Waals surface area (Å²) in [6.45, 7) is 6.88. The Kier molecular flexibility index (Phi) is 7.80. The van der Waals surface area contributed by atoms with E-state index in [4.69, 9.17) is 19.2 Å². The summed E-state index contributed by atoms with van der Waals surface area (Å²) in [6.07, 6.45) is 1.73. The average Bonchev–Trinajstić information content (AvgIpc) is 3.22. The zero-order chi connectivity index (χ0) is 25.5. The Morgan fingerprint density at radius 2 is 1.56 bits per heavy atom. The third-order valence-corrected chi connectivity index (χ3v) is 5.40. The maximum absolute atomic E-state index is 13.6. The van der Waals surface area contributed by atoms with E-state index in [0.717, 1.165) is 11.1 Å². The Bertz CT molecular complexity index is 1300. The Balaban J connectivity index is 1.73. The van der Waals surface area contributed by atoms with Gasteiger partial charge in [-0.3, -0.25) is 9.69 Å². The molecule has 0 spiro atoms. The standard InChI is InChI=1S/C29H28N2O5/c1-4-34-25-17-12-20(19-26(25)35-5-2)18-24-28(32)31(27(30-24)21-10-8-7-9-11-21)23-15-13-22(14-16-23)29(33)36-6-3/h7-19H,4-6H2,1-3H3. The number of ether oxygens (including phenoxy) is 3. The van der Waals surface area contributed by atoms with Gasteiger partial charge in [-0.2, -0.15) is 0 Å². The van der Waals surface area contributed by atoms with E-state index in [1.807, 2.05) is 62.4 Å². The SMILES string of the molecule is CCOC(=O)c1ccc(N2C(=O)C(=Cc3ccc(OCC)c(OCC)c3)N=C2c2ccccc2)cc1. The summed E-state index contributed by atoms with van der Waals surface area (Å²) < 4.78 is 16.4. The molecule has 0 unspecified atom stereocenters. The van der Waals surface area contributed by atoms with Gasteiger partial charge in [0.05, 0.1) is 31.1 Å². The highest BCUT2D eigenvalue weighted by Crippen LogP contribution is 2.32. The molecule has 1 heterocycles. The van der Waals surface area contributed by atoms with Crippen molar-refractivity contribution in [2.75, 3.05) is 24.7 Å². The highest BCUT2D eigenvalue weighted by Gasteiger charge is 2.32. The van der Waals surface area contributed by atoms with Crippen LogP contribution in [0, 0.1) is 0 Å². The van der Waals surface area contributed by atoms with Crippen molar-refractivity contribution < 1.29 is 23.8 Å². The first-order valence-corrected chi connectivity index (χ1v) is 11.9. The first kappa shape index (κ1) is 24.7. The van der Waals surface area contributed by atoms with Crippen LogP contribution >= 0.6 is 0 Å². The fraction of sp³-hybridized carbons (Fsp3) is 0.207. The Labute approximate surface area is 210 Å². The highest BCUT2D eigenvalue weighted by atomic mass is 16.5. The molecular weight excluding hydrogens is 456 g/mol. The molecule has 7 heteroatoms. The van der Waals surface area contributed by atoms with E-state index in [1.165, 1.54) is 0 Å². The van der Waals surface area contributed by atoms with E-state index in [2.05, 4.69) is 0 Å². The lowest BCUT2D eigenvalue weighted by atomic mass is 10.1. The fourth-order valence-electron chi connectivity index (χ4n) is 3.81. The first-order valence-electron chi connectivity index (χ1n) is 11.9. The lowest BCUT2D eigenvalue weighted by Crippen LogP contribution is -2.32. The molecule has 0 saturated carbocycles. The van der Waals surface area contributed by atoms with Crippen molar-refractivity contribution in [2.24, 2.45) is 4.99 Å². The lowest BCUT2D eigenvalue weighted by Gasteiger charge is -2.19. The topological polar surface area (TPSA) is 77.4 Å². The first-order chi connectivity index (χ1) is 17.5. The normalized spacial score (nSPS) is 14.1. The molecular formula is C29H28N2O5. The molecule has 0 fully saturated rings. The van der Waals surface area contributed by atoms with Gasteiger partial charge >= 0.3 is 5.97 Å². The highest BCUT2D eigenvalue weighted by molar-refractivity contribution is 6.33. The fourth-order valence-corrected chi connectivity index (χ4v) is 3.81. The van der Waals surface area contributed by atoms with Gasteiger partial charge in [0.25, 0.3) is 5.91 Å². The number of amides is 1. The van der Waals surface area contributed by atoms with Crippen LogP contribution in [0.4, 0.5) is 5.69 Å². The predicted octanol–water partition coefficient (Wildman–Crippen LogP) is 5.50. The minimum atomic E-state index is -0.407. The van der Waals surface area contributed by atoms with Crippen LogP contribution in [0.5, 0.6) is 11.5 Å². The summed E-state index contributed by atoms with van der Waals surface area (Å²) in [5.74, 6) is 1.08. The zero-order valence-corrected chi connectivity index (χ0v) is 20.6. The Hall–Kier alpha value is -4.39. The van der Waals surface area contributed by atoms with Crippen LogP contribution in [0.25, 0.3) is 6.08 Å². The molecule has 4 rings (SSSR count). The Morgan fingerprint density at radius 1 is 0.861 bits per heavy atom. The molecule has 0 aliphatic carbocycles. The number of carbonyl (C=O) groups excluding carboxylic acids is 2. The molecule has 184 valence electrons. The molecule has 0 saturated heterocycles. The van der Waals surface area contributed by atoms with E-state index in [-0.39, 0.29) is 11.6 Å². The van der Waals surface area contributed by atoms with Crippen molar-refractivity contribution in [1.82, 2.24) is 0 Å². The smallest absolute Gasteiger partial charge is 0.338 e. The number of carbonyl (C=O) groups is 2. The molecule has 1 amide bonds. The van der Waals surface area contributed by atoms with Gasteiger partial charge in [0, 0.05) is 5.56 Å². The minimum absolute atomic E-state index is 0.274. The van der Waals surface area contributed by atoms with Crippen molar-refractivity contribution in [3.63, 3.8) is 0 Å². The molecule has 0 radical (unpaired) electrons. The van der Waals surface area contributed by atoms with E-state index in [0.29, 0.717) is 48.4 Å². The van der Waals surface area contributed by atoms with Gasteiger partial charge in [0.15, 0.2) is 11.5 Å². The van der Waals surface area contributed by atoms with Crippen molar-refractivity contribution >= 4 is 29.5 Å². The maximum atomic E-state index is 13.6. The Morgan fingerprint density at radius 3 is 2.22 bits per heavy atom. The second kappa shape index (κ2) is 11.4. The number of nitrogens with zero attached hydrogens (tertiary/aromatic N) is 2. The number of hydrogen-bond acceptors (Lipinski definition) is 6. The molecule has 0 atom stereocenters. The number of rotatable bonds is 9. The summed E-state index contributed by atoms with van der Waals surface area (Å²) in [6, 6.07) is 21.8. The average molecular weight is 485 g/mol. The van der Waals surface area contributed by atoms with Crippen LogP contribution in [0.1, 0.15) is 42.3 Å². The number of esters is 1. The molecule has 0 bridgehead atoms. The third kappa shape index (κ3) is 5.30. The zero-order valence-electron chi connectivity index (χ0n) is 20.6. The molecule has 36 heavy (non-hydrogen) atoms. The monoisotopic (exact) mass is 484 g/mol. The molecule has 0 N–H and O–H groups in total. The number of anilines is 1. The van der Waals surface area contributed by atoms with Crippen LogP contribution in [0.3, 0.4) is 0 Å². The van der Waals surface area contributed by atoms with Gasteiger partial charge in [-0.05, 0) is 68.8 Å². The third-order valence-electron chi connectivity index (χ3n) is 5.40. The summed E-state index contributed by atoms with van der Waals surface area (Å²) in [5.41, 5.74) is 2.86. The second-order valence-corrected chi connectivity index (χ2v) is 7.81. The van der Waals surface area contributed by atoms with Crippen LogP contribution in [0.15, 0.2) is 83.5 Å². The summed E-state index contributed by atoms with van der Waals surface area (Å²) in [4.78, 5) is 31.9. The molecule has 3 aromatic rings. The van der Waals surface area contributed by atoms with Gasteiger partial charge in [-0.15, -0.1) is 0 Å². The number of benzene rings is 3. The number of hydrogen-bond donors (Lipinski definition) is 0. The molecule has 1 aliphatic heterocycles. The van der Waals surface area contributed by atoms with Gasteiger partial charge in [-0.1, -0.05) is 36.4 Å². The molecule has 0 aromatic heterocycles. The van der Waals surface area contributed by atoms with Crippen molar-refractivity contribution in [3.05, 3.63) is 95.2 Å². The van der Waals surface area contributed by atoms with Crippen molar-refractivity contribution in [2.45, 2.75) is 20.8 Å². The quantitative estimate of drug-likeness (QED) is 0.296. The van der Waals surface area contributed by atoms with Crippen LogP contribution in [0.2, 0.25) is 0 Å². The largest absolute Gasteiger partial charge is 0.490 e. The molecule has 3 aromatic carbocycles. The van der Waals surface area contributed by atoms with E-state index >= 15 is 0 Å². The maximum Gasteiger partial charge on any atom is 0.338 e.